The quantitative estimate of drug-likeness (QED) is 0.800. The molecular weight excluding hydrogens is 302 g/mol. The second-order valence-corrected chi connectivity index (χ2v) is 6.70. The highest BCUT2D eigenvalue weighted by atomic mass is 16.5. The first-order valence-electron chi connectivity index (χ1n) is 7.81. The van der Waals surface area contributed by atoms with Gasteiger partial charge in [-0.05, 0) is 35.2 Å². The van der Waals surface area contributed by atoms with E-state index in [4.69, 9.17) is 4.74 Å². The van der Waals surface area contributed by atoms with Crippen molar-refractivity contribution >= 4 is 17.6 Å². The summed E-state index contributed by atoms with van der Waals surface area (Å²) in [6.07, 6.45) is 0. The van der Waals surface area contributed by atoms with Crippen molar-refractivity contribution in [1.82, 2.24) is 0 Å². The van der Waals surface area contributed by atoms with Gasteiger partial charge in [-0.2, -0.15) is 0 Å². The number of amides is 1. The van der Waals surface area contributed by atoms with Gasteiger partial charge in [-0.1, -0.05) is 45.0 Å². The second-order valence-electron chi connectivity index (χ2n) is 6.70. The second kappa shape index (κ2) is 6.87. The number of anilines is 1. The van der Waals surface area contributed by atoms with Gasteiger partial charge in [0.05, 0.1) is 18.4 Å². The van der Waals surface area contributed by atoms with Gasteiger partial charge in [0, 0.05) is 12.6 Å². The fourth-order valence-electron chi connectivity index (χ4n) is 2.46. The number of ether oxygens (including phenoxy) is 1. The van der Waals surface area contributed by atoms with Gasteiger partial charge >= 0.3 is 5.97 Å². The van der Waals surface area contributed by atoms with E-state index in [1.54, 1.807) is 31.3 Å². The van der Waals surface area contributed by atoms with Crippen LogP contribution in [-0.4, -0.2) is 26.0 Å². The lowest BCUT2D eigenvalue weighted by atomic mass is 9.86. The minimum atomic E-state index is -0.465. The van der Waals surface area contributed by atoms with E-state index in [9.17, 15) is 9.59 Å². The zero-order valence-electron chi connectivity index (χ0n) is 14.8. The number of esters is 1. The van der Waals surface area contributed by atoms with Crippen molar-refractivity contribution < 1.29 is 14.3 Å². The Kier molecular flexibility index (Phi) is 5.07. The van der Waals surface area contributed by atoms with Crippen molar-refractivity contribution in [3.63, 3.8) is 0 Å². The van der Waals surface area contributed by atoms with Crippen LogP contribution in [-0.2, 0) is 10.2 Å². The molecule has 0 aliphatic carbocycles. The topological polar surface area (TPSA) is 46.6 Å². The number of hydrogen-bond acceptors (Lipinski definition) is 3. The summed E-state index contributed by atoms with van der Waals surface area (Å²) in [4.78, 5) is 26.1. The number of nitrogens with zero attached hydrogens (tertiary/aromatic N) is 1. The van der Waals surface area contributed by atoms with Crippen LogP contribution in [0.25, 0.3) is 0 Å². The van der Waals surface area contributed by atoms with Gasteiger partial charge in [-0.25, -0.2) is 4.79 Å². The maximum Gasteiger partial charge on any atom is 0.339 e. The van der Waals surface area contributed by atoms with Crippen LogP contribution in [0, 0.1) is 0 Å². The van der Waals surface area contributed by atoms with Crippen LogP contribution >= 0.6 is 0 Å². The molecule has 126 valence electrons. The molecule has 4 heteroatoms. The highest BCUT2D eigenvalue weighted by Gasteiger charge is 2.20. The lowest BCUT2D eigenvalue weighted by Crippen LogP contribution is -2.28. The first-order valence-corrected chi connectivity index (χ1v) is 7.81. The third kappa shape index (κ3) is 3.65. The standard InChI is InChI=1S/C20H23NO3/c1-20(2,3)15-12-10-14(11-13-15)18(22)21(4)17-9-7-6-8-16(17)19(23)24-5/h6-13H,1-5H3. The highest BCUT2D eigenvalue weighted by Crippen LogP contribution is 2.24. The molecule has 0 bridgehead atoms. The van der Waals surface area contributed by atoms with Crippen molar-refractivity contribution in [2.24, 2.45) is 0 Å². The molecule has 0 atom stereocenters. The van der Waals surface area contributed by atoms with Gasteiger partial charge in [0.25, 0.3) is 5.91 Å². The molecule has 0 N–H and O–H groups in total. The number of rotatable bonds is 3. The van der Waals surface area contributed by atoms with E-state index in [0.717, 1.165) is 5.56 Å². The summed E-state index contributed by atoms with van der Waals surface area (Å²) in [6.45, 7) is 6.38. The van der Waals surface area contributed by atoms with Crippen molar-refractivity contribution in [2.45, 2.75) is 26.2 Å². The summed E-state index contributed by atoms with van der Waals surface area (Å²) in [5.74, 6) is -0.639. The number of hydrogen-bond donors (Lipinski definition) is 0. The molecule has 0 fully saturated rings. The van der Waals surface area contributed by atoms with Crippen LogP contribution in [0.5, 0.6) is 0 Å². The Hall–Kier alpha value is -2.62. The Balaban J connectivity index is 2.32. The first kappa shape index (κ1) is 17.7. The molecule has 0 aromatic heterocycles. The van der Waals surface area contributed by atoms with Gasteiger partial charge in [-0.3, -0.25) is 4.79 Å². The minimum Gasteiger partial charge on any atom is -0.465 e. The van der Waals surface area contributed by atoms with Gasteiger partial charge in [0.2, 0.25) is 0 Å². The molecule has 2 aromatic rings. The lowest BCUT2D eigenvalue weighted by molar-refractivity contribution is 0.0601. The van der Waals surface area contributed by atoms with E-state index >= 15 is 0 Å². The van der Waals surface area contributed by atoms with Crippen LogP contribution in [0.1, 0.15) is 47.1 Å². The molecule has 0 radical (unpaired) electrons. The van der Waals surface area contributed by atoms with E-state index in [-0.39, 0.29) is 11.3 Å². The van der Waals surface area contributed by atoms with Crippen molar-refractivity contribution in [3.8, 4) is 0 Å². The maximum absolute atomic E-state index is 12.7. The van der Waals surface area contributed by atoms with Gasteiger partial charge in [0.15, 0.2) is 0 Å². The average molecular weight is 325 g/mol. The Labute approximate surface area is 143 Å². The summed E-state index contributed by atoms with van der Waals surface area (Å²) in [7, 11) is 2.98. The normalized spacial score (nSPS) is 11.0. The van der Waals surface area contributed by atoms with E-state index in [2.05, 4.69) is 20.8 Å². The number of carbonyl (C=O) groups is 2. The van der Waals surface area contributed by atoms with Gasteiger partial charge in [-0.15, -0.1) is 0 Å². The number of para-hydroxylation sites is 1. The van der Waals surface area contributed by atoms with Crippen LogP contribution in [0.3, 0.4) is 0 Å². The van der Waals surface area contributed by atoms with Crippen LogP contribution in [0.4, 0.5) is 5.69 Å². The van der Waals surface area contributed by atoms with Gasteiger partial charge < -0.3 is 9.64 Å². The number of methoxy groups -OCH3 is 1. The predicted octanol–water partition coefficient (Wildman–Crippen LogP) is 4.05. The van der Waals surface area contributed by atoms with E-state index in [1.165, 1.54) is 12.0 Å². The summed E-state index contributed by atoms with van der Waals surface area (Å²) in [5, 5.41) is 0. The summed E-state index contributed by atoms with van der Waals surface area (Å²) < 4.78 is 4.79. The minimum absolute atomic E-state index is 0.0327. The largest absolute Gasteiger partial charge is 0.465 e. The van der Waals surface area contributed by atoms with Crippen molar-refractivity contribution in [2.75, 3.05) is 19.1 Å². The Morgan fingerprint density at radius 1 is 0.958 bits per heavy atom. The molecule has 0 saturated heterocycles. The SMILES string of the molecule is COC(=O)c1ccccc1N(C)C(=O)c1ccc(C(C)(C)C)cc1. The highest BCUT2D eigenvalue weighted by molar-refractivity contribution is 6.09. The summed E-state index contributed by atoms with van der Waals surface area (Å²) >= 11 is 0. The third-order valence-corrected chi connectivity index (χ3v) is 3.97. The Morgan fingerprint density at radius 2 is 1.54 bits per heavy atom. The van der Waals surface area contributed by atoms with Crippen molar-refractivity contribution in [3.05, 3.63) is 65.2 Å². The van der Waals surface area contributed by atoms with E-state index in [1.807, 2.05) is 24.3 Å². The molecule has 0 unspecified atom stereocenters. The molecule has 0 aliphatic rings. The van der Waals surface area contributed by atoms with E-state index < -0.39 is 5.97 Å². The van der Waals surface area contributed by atoms with E-state index in [0.29, 0.717) is 16.8 Å². The molecule has 24 heavy (non-hydrogen) atoms. The molecular formula is C20H23NO3. The molecule has 0 saturated carbocycles. The Morgan fingerprint density at radius 3 is 2.08 bits per heavy atom. The molecule has 2 aromatic carbocycles. The lowest BCUT2D eigenvalue weighted by Gasteiger charge is -2.22. The molecule has 0 aliphatic heterocycles. The third-order valence-electron chi connectivity index (χ3n) is 3.97. The number of carbonyl (C=O) groups excluding carboxylic acids is 2. The zero-order chi connectivity index (χ0) is 17.9. The van der Waals surface area contributed by atoms with Crippen LogP contribution in [0.15, 0.2) is 48.5 Å². The van der Waals surface area contributed by atoms with Crippen LogP contribution in [0.2, 0.25) is 0 Å². The van der Waals surface area contributed by atoms with Crippen LogP contribution < -0.4 is 4.90 Å². The maximum atomic E-state index is 12.7. The monoisotopic (exact) mass is 325 g/mol. The van der Waals surface area contributed by atoms with Crippen molar-refractivity contribution in [1.29, 1.82) is 0 Å². The predicted molar refractivity (Wildman–Crippen MR) is 95.7 cm³/mol. The first-order chi connectivity index (χ1) is 11.3. The Bertz CT molecular complexity index is 742. The molecule has 2 rings (SSSR count). The molecule has 0 spiro atoms. The average Bonchev–Trinajstić information content (AvgIpc) is 2.59. The molecule has 4 nitrogen and oxygen atoms in total. The summed E-state index contributed by atoms with van der Waals surface area (Å²) in [6, 6.07) is 14.5. The summed E-state index contributed by atoms with van der Waals surface area (Å²) in [5.41, 5.74) is 2.66. The zero-order valence-corrected chi connectivity index (χ0v) is 14.8. The molecule has 0 heterocycles. The fraction of sp³-hybridized carbons (Fsp3) is 0.300. The molecule has 1 amide bonds. The number of benzene rings is 2. The van der Waals surface area contributed by atoms with Gasteiger partial charge in [0.1, 0.15) is 0 Å². The fourth-order valence-corrected chi connectivity index (χ4v) is 2.46. The smallest absolute Gasteiger partial charge is 0.339 e.